The highest BCUT2D eigenvalue weighted by molar-refractivity contribution is 9.10. The van der Waals surface area contributed by atoms with Gasteiger partial charge in [0.15, 0.2) is 0 Å². The molecule has 1 saturated carbocycles. The minimum Gasteiger partial charge on any atom is -0.493 e. The normalized spacial score (nSPS) is 18.1. The topological polar surface area (TPSA) is 21.3 Å². The van der Waals surface area contributed by atoms with E-state index in [-0.39, 0.29) is 0 Å². The Bertz CT molecular complexity index is 417. The minimum absolute atomic E-state index is 0.449. The fourth-order valence-electron chi connectivity index (χ4n) is 2.70. The van der Waals surface area contributed by atoms with Crippen LogP contribution in [0.1, 0.15) is 45.2 Å². The molecule has 106 valence electrons. The lowest BCUT2D eigenvalue weighted by molar-refractivity contribution is 0.335. The Kier molecular flexibility index (Phi) is 5.28. The summed E-state index contributed by atoms with van der Waals surface area (Å²) in [6.45, 7) is 8.27. The third-order valence-corrected chi connectivity index (χ3v) is 4.55. The number of benzene rings is 1. The van der Waals surface area contributed by atoms with Crippen molar-refractivity contribution in [1.82, 2.24) is 5.32 Å². The molecule has 1 N–H and O–H groups in total. The fourth-order valence-corrected chi connectivity index (χ4v) is 3.22. The van der Waals surface area contributed by atoms with Crippen LogP contribution < -0.4 is 10.1 Å². The molecule has 1 aromatic rings. The van der Waals surface area contributed by atoms with E-state index in [1.165, 1.54) is 18.4 Å². The van der Waals surface area contributed by atoms with Crippen LogP contribution in [0.3, 0.4) is 0 Å². The molecule has 1 aliphatic carbocycles. The second kappa shape index (κ2) is 6.76. The summed E-state index contributed by atoms with van der Waals surface area (Å²) < 4.78 is 6.64. The van der Waals surface area contributed by atoms with Crippen molar-refractivity contribution in [3.05, 3.63) is 28.2 Å². The van der Waals surface area contributed by atoms with Gasteiger partial charge in [-0.05, 0) is 71.8 Å². The summed E-state index contributed by atoms with van der Waals surface area (Å²) in [5, 5.41) is 3.64. The molecule has 0 bridgehead atoms. The van der Waals surface area contributed by atoms with Crippen LogP contribution in [-0.4, -0.2) is 13.2 Å². The molecule has 0 heterocycles. The van der Waals surface area contributed by atoms with Gasteiger partial charge in [0.05, 0.1) is 11.1 Å². The van der Waals surface area contributed by atoms with Gasteiger partial charge in [0, 0.05) is 6.04 Å². The summed E-state index contributed by atoms with van der Waals surface area (Å²) >= 11 is 3.62. The zero-order valence-electron chi connectivity index (χ0n) is 12.1. The van der Waals surface area contributed by atoms with Crippen molar-refractivity contribution in [1.29, 1.82) is 0 Å². The first-order valence-corrected chi connectivity index (χ1v) is 8.12. The summed E-state index contributed by atoms with van der Waals surface area (Å²) in [7, 11) is 0. The van der Waals surface area contributed by atoms with Crippen LogP contribution in [0.5, 0.6) is 5.75 Å². The van der Waals surface area contributed by atoms with Crippen molar-refractivity contribution in [3.8, 4) is 5.75 Å². The lowest BCUT2D eigenvalue weighted by Crippen LogP contribution is -2.27. The lowest BCUT2D eigenvalue weighted by atomic mass is 9.90. The van der Waals surface area contributed by atoms with Crippen LogP contribution in [0.25, 0.3) is 0 Å². The van der Waals surface area contributed by atoms with Gasteiger partial charge in [-0.25, -0.2) is 0 Å². The molecule has 19 heavy (non-hydrogen) atoms. The Labute approximate surface area is 125 Å². The zero-order valence-corrected chi connectivity index (χ0v) is 13.7. The maximum absolute atomic E-state index is 5.58. The predicted octanol–water partition coefficient (Wildman–Crippen LogP) is 4.54. The fraction of sp³-hybridized carbons (Fsp3) is 0.625. The van der Waals surface area contributed by atoms with Gasteiger partial charge in [-0.1, -0.05) is 19.9 Å². The second-order valence-corrected chi connectivity index (χ2v) is 6.21. The Morgan fingerprint density at radius 1 is 1.37 bits per heavy atom. The Balaban J connectivity index is 2.18. The monoisotopic (exact) mass is 325 g/mol. The van der Waals surface area contributed by atoms with Crippen LogP contribution in [0.2, 0.25) is 0 Å². The van der Waals surface area contributed by atoms with Crippen molar-refractivity contribution < 1.29 is 4.74 Å². The van der Waals surface area contributed by atoms with Crippen molar-refractivity contribution in [2.24, 2.45) is 11.8 Å². The minimum atomic E-state index is 0.449. The van der Waals surface area contributed by atoms with E-state index in [1.807, 2.05) is 6.92 Å². The van der Waals surface area contributed by atoms with Gasteiger partial charge >= 0.3 is 0 Å². The molecule has 2 rings (SSSR count). The average Bonchev–Trinajstić information content (AvgIpc) is 3.22. The standard InChI is InChI=1S/C16H24BrNO/c1-4-18-16(11(3)12-6-7-12)13-8-9-15(19-5-2)14(17)10-13/h8-12,16,18H,4-7H2,1-3H3. The highest BCUT2D eigenvalue weighted by Crippen LogP contribution is 2.43. The average molecular weight is 326 g/mol. The molecule has 1 aliphatic rings. The van der Waals surface area contributed by atoms with Crippen LogP contribution in [-0.2, 0) is 0 Å². The van der Waals surface area contributed by atoms with Crippen molar-refractivity contribution in [2.45, 2.75) is 39.7 Å². The zero-order chi connectivity index (χ0) is 13.8. The summed E-state index contributed by atoms with van der Waals surface area (Å²) in [6.07, 6.45) is 2.78. The Morgan fingerprint density at radius 3 is 2.63 bits per heavy atom. The molecule has 3 heteroatoms. The van der Waals surface area contributed by atoms with E-state index in [1.54, 1.807) is 0 Å². The lowest BCUT2D eigenvalue weighted by Gasteiger charge is -2.26. The van der Waals surface area contributed by atoms with E-state index in [0.717, 1.165) is 22.7 Å². The van der Waals surface area contributed by atoms with Crippen molar-refractivity contribution in [3.63, 3.8) is 0 Å². The molecular formula is C16H24BrNO. The number of hydrogen-bond donors (Lipinski definition) is 1. The molecule has 2 atom stereocenters. The molecule has 2 unspecified atom stereocenters. The molecule has 0 saturated heterocycles. The summed E-state index contributed by atoms with van der Waals surface area (Å²) in [6, 6.07) is 6.93. The maximum Gasteiger partial charge on any atom is 0.133 e. The molecule has 2 nitrogen and oxygen atoms in total. The highest BCUT2D eigenvalue weighted by atomic mass is 79.9. The molecule has 1 aromatic carbocycles. The Hall–Kier alpha value is -0.540. The van der Waals surface area contributed by atoms with E-state index in [9.17, 15) is 0 Å². The quantitative estimate of drug-likeness (QED) is 0.794. The smallest absolute Gasteiger partial charge is 0.133 e. The van der Waals surface area contributed by atoms with Gasteiger partial charge in [0.25, 0.3) is 0 Å². The predicted molar refractivity (Wildman–Crippen MR) is 83.6 cm³/mol. The van der Waals surface area contributed by atoms with E-state index in [4.69, 9.17) is 4.74 Å². The van der Waals surface area contributed by atoms with E-state index in [2.05, 4.69) is 53.3 Å². The molecule has 0 aromatic heterocycles. The van der Waals surface area contributed by atoms with E-state index < -0.39 is 0 Å². The number of rotatable bonds is 7. The molecule has 0 amide bonds. The summed E-state index contributed by atoms with van der Waals surface area (Å²) in [5.41, 5.74) is 1.36. The van der Waals surface area contributed by atoms with Crippen LogP contribution in [0.15, 0.2) is 22.7 Å². The number of ether oxygens (including phenoxy) is 1. The first kappa shape index (κ1) is 14.9. The highest BCUT2D eigenvalue weighted by Gasteiger charge is 2.33. The van der Waals surface area contributed by atoms with Gasteiger partial charge in [-0.3, -0.25) is 0 Å². The third-order valence-electron chi connectivity index (χ3n) is 3.93. The SMILES string of the molecule is CCNC(c1ccc(OCC)c(Br)c1)C(C)C1CC1. The van der Waals surface area contributed by atoms with Crippen molar-refractivity contribution >= 4 is 15.9 Å². The van der Waals surface area contributed by atoms with E-state index in [0.29, 0.717) is 18.6 Å². The van der Waals surface area contributed by atoms with E-state index >= 15 is 0 Å². The largest absolute Gasteiger partial charge is 0.493 e. The maximum atomic E-state index is 5.58. The third kappa shape index (κ3) is 3.73. The number of hydrogen-bond acceptors (Lipinski definition) is 2. The number of halogens is 1. The van der Waals surface area contributed by atoms with Crippen LogP contribution >= 0.6 is 15.9 Å². The first-order chi connectivity index (χ1) is 9.17. The van der Waals surface area contributed by atoms with Crippen molar-refractivity contribution in [2.75, 3.05) is 13.2 Å². The second-order valence-electron chi connectivity index (χ2n) is 5.35. The van der Waals surface area contributed by atoms with Gasteiger partial charge in [-0.15, -0.1) is 0 Å². The van der Waals surface area contributed by atoms with Gasteiger partial charge in [0.2, 0.25) is 0 Å². The Morgan fingerprint density at radius 2 is 2.11 bits per heavy atom. The molecule has 1 fully saturated rings. The van der Waals surface area contributed by atoms with Crippen LogP contribution in [0.4, 0.5) is 0 Å². The molecule has 0 aliphatic heterocycles. The van der Waals surface area contributed by atoms with Gasteiger partial charge in [-0.2, -0.15) is 0 Å². The molecular weight excluding hydrogens is 302 g/mol. The summed E-state index contributed by atoms with van der Waals surface area (Å²) in [5.74, 6) is 2.53. The first-order valence-electron chi connectivity index (χ1n) is 7.33. The molecule has 0 radical (unpaired) electrons. The number of nitrogens with one attached hydrogen (secondary N) is 1. The van der Waals surface area contributed by atoms with Crippen LogP contribution in [0, 0.1) is 11.8 Å². The van der Waals surface area contributed by atoms with Gasteiger partial charge in [0.1, 0.15) is 5.75 Å². The van der Waals surface area contributed by atoms with Gasteiger partial charge < -0.3 is 10.1 Å². The summed E-state index contributed by atoms with van der Waals surface area (Å²) in [4.78, 5) is 0. The molecule has 0 spiro atoms.